The van der Waals surface area contributed by atoms with E-state index in [2.05, 4.69) is 10.6 Å². The van der Waals surface area contributed by atoms with Gasteiger partial charge in [-0.25, -0.2) is 4.39 Å². The van der Waals surface area contributed by atoms with Crippen LogP contribution in [0.15, 0.2) is 36.4 Å². The summed E-state index contributed by atoms with van der Waals surface area (Å²) in [5.41, 5.74) is 1.33. The molecule has 2 rings (SSSR count). The lowest BCUT2D eigenvalue weighted by Gasteiger charge is -2.12. The van der Waals surface area contributed by atoms with Crippen LogP contribution in [0, 0.1) is 22.9 Å². The minimum Gasteiger partial charge on any atom is -0.495 e. The van der Waals surface area contributed by atoms with Crippen molar-refractivity contribution in [3.63, 3.8) is 0 Å². The number of halogens is 1. The number of nitro groups is 1. The summed E-state index contributed by atoms with van der Waals surface area (Å²) < 4.78 is 18.1. The number of rotatable bonds is 6. The van der Waals surface area contributed by atoms with E-state index in [0.29, 0.717) is 17.0 Å². The number of nitro benzene ring substituents is 1. The van der Waals surface area contributed by atoms with Crippen molar-refractivity contribution in [2.75, 3.05) is 24.3 Å². The molecule has 2 aromatic carbocycles. The first kappa shape index (κ1) is 17.2. The van der Waals surface area contributed by atoms with Crippen molar-refractivity contribution in [2.45, 2.75) is 6.92 Å². The largest absolute Gasteiger partial charge is 0.495 e. The molecule has 0 fully saturated rings. The number of nitrogens with zero attached hydrogens (tertiary/aromatic N) is 1. The van der Waals surface area contributed by atoms with Gasteiger partial charge in [0.05, 0.1) is 24.3 Å². The Morgan fingerprint density at radius 2 is 2.00 bits per heavy atom. The number of benzene rings is 2. The molecule has 0 spiro atoms. The van der Waals surface area contributed by atoms with Crippen LogP contribution in [0.2, 0.25) is 0 Å². The van der Waals surface area contributed by atoms with E-state index in [1.54, 1.807) is 6.92 Å². The van der Waals surface area contributed by atoms with Gasteiger partial charge in [-0.1, -0.05) is 0 Å². The van der Waals surface area contributed by atoms with Crippen LogP contribution in [0.4, 0.5) is 21.5 Å². The molecule has 0 aliphatic heterocycles. The summed E-state index contributed by atoms with van der Waals surface area (Å²) in [4.78, 5) is 22.3. The van der Waals surface area contributed by atoms with Crippen molar-refractivity contribution in [3.05, 3.63) is 57.9 Å². The first-order valence-electron chi connectivity index (χ1n) is 7.03. The van der Waals surface area contributed by atoms with Gasteiger partial charge in [0.15, 0.2) is 0 Å². The van der Waals surface area contributed by atoms with Gasteiger partial charge in [0.25, 0.3) is 5.69 Å². The van der Waals surface area contributed by atoms with Gasteiger partial charge in [0.2, 0.25) is 5.91 Å². The molecule has 0 saturated heterocycles. The number of non-ortho nitro benzene ring substituents is 1. The molecule has 0 aliphatic carbocycles. The molecule has 126 valence electrons. The Balaban J connectivity index is 2.06. The quantitative estimate of drug-likeness (QED) is 0.626. The van der Waals surface area contributed by atoms with Gasteiger partial charge in [-0.15, -0.1) is 0 Å². The highest BCUT2D eigenvalue weighted by molar-refractivity contribution is 5.95. The number of amides is 1. The summed E-state index contributed by atoms with van der Waals surface area (Å²) in [7, 11) is 1.40. The maximum Gasteiger partial charge on any atom is 0.271 e. The van der Waals surface area contributed by atoms with E-state index >= 15 is 0 Å². The van der Waals surface area contributed by atoms with Crippen molar-refractivity contribution in [3.8, 4) is 5.75 Å². The Morgan fingerprint density at radius 3 is 2.62 bits per heavy atom. The van der Waals surface area contributed by atoms with Crippen LogP contribution in [0.1, 0.15) is 5.56 Å². The lowest BCUT2D eigenvalue weighted by Crippen LogP contribution is -2.22. The maximum atomic E-state index is 13.0. The summed E-state index contributed by atoms with van der Waals surface area (Å²) in [5.74, 6) is -0.465. The highest BCUT2D eigenvalue weighted by Gasteiger charge is 2.13. The number of hydrogen-bond donors (Lipinski definition) is 2. The second-order valence-corrected chi connectivity index (χ2v) is 5.00. The zero-order valence-electron chi connectivity index (χ0n) is 13.1. The molecule has 0 atom stereocenters. The van der Waals surface area contributed by atoms with E-state index in [4.69, 9.17) is 4.74 Å². The summed E-state index contributed by atoms with van der Waals surface area (Å²) in [6.07, 6.45) is 0. The molecular weight excluding hydrogens is 317 g/mol. The zero-order chi connectivity index (χ0) is 17.7. The van der Waals surface area contributed by atoms with E-state index in [0.717, 1.165) is 0 Å². The standard InChI is InChI=1S/C16H16FN3O4/c1-10-7-11(17)3-5-13(10)18-9-16(21)19-14-8-12(20(22)23)4-6-15(14)24-2/h3-8,18H,9H2,1-2H3,(H,19,21). The molecule has 24 heavy (non-hydrogen) atoms. The van der Waals surface area contributed by atoms with Crippen LogP contribution in [-0.4, -0.2) is 24.5 Å². The molecule has 0 radical (unpaired) electrons. The van der Waals surface area contributed by atoms with Gasteiger partial charge in [-0.3, -0.25) is 14.9 Å². The topological polar surface area (TPSA) is 93.5 Å². The molecule has 0 unspecified atom stereocenters. The number of carbonyl (C=O) groups excluding carboxylic acids is 1. The van der Waals surface area contributed by atoms with Crippen LogP contribution in [0.5, 0.6) is 5.75 Å². The molecule has 7 nitrogen and oxygen atoms in total. The van der Waals surface area contributed by atoms with Crippen molar-refractivity contribution >= 4 is 23.0 Å². The normalized spacial score (nSPS) is 10.1. The number of aryl methyl sites for hydroxylation is 1. The number of carbonyl (C=O) groups is 1. The van der Waals surface area contributed by atoms with Gasteiger partial charge in [-0.2, -0.15) is 0 Å². The Labute approximate surface area is 137 Å². The van der Waals surface area contributed by atoms with Gasteiger partial charge in [-0.05, 0) is 36.8 Å². The Morgan fingerprint density at radius 1 is 1.25 bits per heavy atom. The monoisotopic (exact) mass is 333 g/mol. The Hall–Kier alpha value is -3.16. The third-order valence-electron chi connectivity index (χ3n) is 3.30. The van der Waals surface area contributed by atoms with E-state index < -0.39 is 10.8 Å². The zero-order valence-corrected chi connectivity index (χ0v) is 13.1. The van der Waals surface area contributed by atoms with Crippen LogP contribution in [0.25, 0.3) is 0 Å². The van der Waals surface area contributed by atoms with Crippen LogP contribution in [0.3, 0.4) is 0 Å². The number of nitrogens with one attached hydrogen (secondary N) is 2. The minimum absolute atomic E-state index is 0.0850. The van der Waals surface area contributed by atoms with Gasteiger partial charge in [0, 0.05) is 17.8 Å². The third kappa shape index (κ3) is 4.19. The maximum absolute atomic E-state index is 13.0. The number of anilines is 2. The highest BCUT2D eigenvalue weighted by atomic mass is 19.1. The number of hydrogen-bond acceptors (Lipinski definition) is 5. The molecule has 0 aromatic heterocycles. The summed E-state index contributed by atoms with van der Waals surface area (Å²) >= 11 is 0. The summed E-state index contributed by atoms with van der Waals surface area (Å²) in [6.45, 7) is 1.63. The van der Waals surface area contributed by atoms with E-state index in [1.165, 1.54) is 43.5 Å². The van der Waals surface area contributed by atoms with E-state index in [1.807, 2.05) is 0 Å². The fourth-order valence-electron chi connectivity index (χ4n) is 2.10. The molecule has 0 bridgehead atoms. The molecule has 2 N–H and O–H groups in total. The van der Waals surface area contributed by atoms with Gasteiger partial charge >= 0.3 is 0 Å². The molecule has 0 saturated carbocycles. The van der Waals surface area contributed by atoms with Crippen LogP contribution in [-0.2, 0) is 4.79 Å². The first-order chi connectivity index (χ1) is 11.4. The molecule has 0 heterocycles. The van der Waals surface area contributed by atoms with Crippen LogP contribution >= 0.6 is 0 Å². The summed E-state index contributed by atoms with van der Waals surface area (Å²) in [6, 6.07) is 8.09. The second kappa shape index (κ2) is 7.40. The third-order valence-corrected chi connectivity index (χ3v) is 3.30. The molecule has 0 aliphatic rings. The molecule has 1 amide bonds. The lowest BCUT2D eigenvalue weighted by atomic mass is 10.2. The predicted molar refractivity (Wildman–Crippen MR) is 87.9 cm³/mol. The second-order valence-electron chi connectivity index (χ2n) is 5.00. The smallest absolute Gasteiger partial charge is 0.271 e. The average molecular weight is 333 g/mol. The fourth-order valence-corrected chi connectivity index (χ4v) is 2.10. The van der Waals surface area contributed by atoms with E-state index in [9.17, 15) is 19.3 Å². The van der Waals surface area contributed by atoms with Gasteiger partial charge in [0.1, 0.15) is 11.6 Å². The molecular formula is C16H16FN3O4. The van der Waals surface area contributed by atoms with Crippen molar-refractivity contribution in [2.24, 2.45) is 0 Å². The summed E-state index contributed by atoms with van der Waals surface area (Å²) in [5, 5.41) is 16.3. The fraction of sp³-hybridized carbons (Fsp3) is 0.188. The number of ether oxygens (including phenoxy) is 1. The van der Waals surface area contributed by atoms with Crippen molar-refractivity contribution < 1.29 is 18.8 Å². The SMILES string of the molecule is COc1ccc([N+](=O)[O-])cc1NC(=O)CNc1ccc(F)cc1C. The van der Waals surface area contributed by atoms with Crippen molar-refractivity contribution in [1.29, 1.82) is 0 Å². The van der Waals surface area contributed by atoms with Gasteiger partial charge < -0.3 is 15.4 Å². The lowest BCUT2D eigenvalue weighted by molar-refractivity contribution is -0.384. The minimum atomic E-state index is -0.560. The number of methoxy groups -OCH3 is 1. The molecule has 8 heteroatoms. The Kier molecular flexibility index (Phi) is 5.31. The van der Waals surface area contributed by atoms with Crippen molar-refractivity contribution in [1.82, 2.24) is 0 Å². The van der Waals surface area contributed by atoms with Crippen LogP contribution < -0.4 is 15.4 Å². The Bertz CT molecular complexity index is 780. The first-order valence-corrected chi connectivity index (χ1v) is 7.03. The molecule has 2 aromatic rings. The average Bonchev–Trinajstić information content (AvgIpc) is 2.53. The predicted octanol–water partition coefficient (Wildman–Crippen LogP) is 3.10. The van der Waals surface area contributed by atoms with E-state index in [-0.39, 0.29) is 23.7 Å². The highest BCUT2D eigenvalue weighted by Crippen LogP contribution is 2.28.